The maximum atomic E-state index is 13.9. The Bertz CT molecular complexity index is 585. The third-order valence-electron chi connectivity index (χ3n) is 3.28. The van der Waals surface area contributed by atoms with Gasteiger partial charge in [-0.05, 0) is 25.1 Å². The van der Waals surface area contributed by atoms with Gasteiger partial charge in [0.2, 0.25) is 0 Å². The lowest BCUT2D eigenvalue weighted by Gasteiger charge is -2.33. The molecule has 0 spiro atoms. The van der Waals surface area contributed by atoms with Gasteiger partial charge in [-0.1, -0.05) is 6.07 Å². The molecule has 1 N–H and O–H groups in total. The van der Waals surface area contributed by atoms with Crippen LogP contribution in [0.2, 0.25) is 0 Å². The monoisotopic (exact) mass is 293 g/mol. The minimum atomic E-state index is -1.16. The van der Waals surface area contributed by atoms with Gasteiger partial charge in [0.25, 0.3) is 5.91 Å². The number of carbonyl (C=O) groups is 2. The van der Waals surface area contributed by atoms with Crippen molar-refractivity contribution >= 4 is 18.0 Å². The lowest BCUT2D eigenvalue weighted by atomic mass is 10.1. The zero-order valence-electron chi connectivity index (χ0n) is 11.6. The van der Waals surface area contributed by atoms with E-state index in [1.54, 1.807) is 4.90 Å². The van der Waals surface area contributed by atoms with E-state index in [9.17, 15) is 14.0 Å². The van der Waals surface area contributed by atoms with Crippen molar-refractivity contribution in [2.45, 2.75) is 13.0 Å². The van der Waals surface area contributed by atoms with Crippen LogP contribution in [-0.4, -0.2) is 47.7 Å². The van der Waals surface area contributed by atoms with Crippen LogP contribution < -0.4 is 0 Å². The van der Waals surface area contributed by atoms with Crippen LogP contribution in [0.4, 0.5) is 4.39 Å². The van der Waals surface area contributed by atoms with E-state index in [0.717, 1.165) is 18.2 Å². The highest BCUT2D eigenvalue weighted by Gasteiger charge is 2.25. The molecule has 0 aromatic heterocycles. The first-order valence-corrected chi connectivity index (χ1v) is 6.58. The normalized spacial score (nSPS) is 19.0. The molecular formula is C15H16FNO4. The van der Waals surface area contributed by atoms with E-state index >= 15 is 0 Å². The molecule has 1 unspecified atom stereocenters. The molecule has 1 atom stereocenters. The molecule has 1 heterocycles. The van der Waals surface area contributed by atoms with Crippen LogP contribution in [0.1, 0.15) is 22.8 Å². The van der Waals surface area contributed by atoms with Crippen LogP contribution in [0.15, 0.2) is 24.3 Å². The zero-order chi connectivity index (χ0) is 15.4. The molecular weight excluding hydrogens is 277 g/mol. The summed E-state index contributed by atoms with van der Waals surface area (Å²) in [6.45, 7) is 3.28. The maximum absolute atomic E-state index is 13.9. The molecule has 1 fully saturated rings. The standard InChI is InChI=1S/C15H16FNO4/c1-10-9-21-7-6-17(10)15(20)12-3-2-11(13(16)8-12)4-5-14(18)19/h2-5,8,10H,6-7,9H2,1H3,(H,18,19). The minimum Gasteiger partial charge on any atom is -0.478 e. The second kappa shape index (κ2) is 6.49. The highest BCUT2D eigenvalue weighted by molar-refractivity contribution is 5.95. The number of benzene rings is 1. The SMILES string of the molecule is CC1COCCN1C(=O)c1ccc(C=CC(=O)O)c(F)c1. The molecule has 0 saturated carbocycles. The predicted molar refractivity (Wildman–Crippen MR) is 74.4 cm³/mol. The van der Waals surface area contributed by atoms with Crippen LogP contribution in [-0.2, 0) is 9.53 Å². The van der Waals surface area contributed by atoms with E-state index in [2.05, 4.69) is 0 Å². The number of hydrogen-bond acceptors (Lipinski definition) is 3. The summed E-state index contributed by atoms with van der Waals surface area (Å²) >= 11 is 0. The Labute approximate surface area is 121 Å². The van der Waals surface area contributed by atoms with Gasteiger partial charge in [-0.25, -0.2) is 9.18 Å². The molecule has 1 saturated heterocycles. The molecule has 112 valence electrons. The third-order valence-corrected chi connectivity index (χ3v) is 3.28. The first kappa shape index (κ1) is 15.2. The second-order valence-electron chi connectivity index (χ2n) is 4.83. The fourth-order valence-electron chi connectivity index (χ4n) is 2.15. The van der Waals surface area contributed by atoms with Crippen molar-refractivity contribution in [3.8, 4) is 0 Å². The number of morpholine rings is 1. The number of carboxylic acid groups (broad SMARTS) is 1. The zero-order valence-corrected chi connectivity index (χ0v) is 11.6. The number of carboxylic acids is 1. The molecule has 1 amide bonds. The topological polar surface area (TPSA) is 66.8 Å². The van der Waals surface area contributed by atoms with Crippen molar-refractivity contribution in [1.29, 1.82) is 0 Å². The number of carbonyl (C=O) groups excluding carboxylic acids is 1. The van der Waals surface area contributed by atoms with Crippen LogP contribution in [0.3, 0.4) is 0 Å². The Morgan fingerprint density at radius 2 is 2.24 bits per heavy atom. The van der Waals surface area contributed by atoms with Gasteiger partial charge >= 0.3 is 5.97 Å². The van der Waals surface area contributed by atoms with Gasteiger partial charge in [0.05, 0.1) is 19.3 Å². The van der Waals surface area contributed by atoms with Crippen molar-refractivity contribution in [1.82, 2.24) is 4.90 Å². The van der Waals surface area contributed by atoms with E-state index < -0.39 is 11.8 Å². The van der Waals surface area contributed by atoms with E-state index in [1.165, 1.54) is 12.1 Å². The van der Waals surface area contributed by atoms with Crippen molar-refractivity contribution < 1.29 is 23.8 Å². The number of ether oxygens (including phenoxy) is 1. The van der Waals surface area contributed by atoms with E-state index in [-0.39, 0.29) is 23.1 Å². The van der Waals surface area contributed by atoms with Gasteiger partial charge in [-0.2, -0.15) is 0 Å². The molecule has 0 aliphatic carbocycles. The highest BCUT2D eigenvalue weighted by Crippen LogP contribution is 2.16. The van der Waals surface area contributed by atoms with Gasteiger partial charge in [-0.3, -0.25) is 4.79 Å². The van der Waals surface area contributed by atoms with Gasteiger partial charge < -0.3 is 14.7 Å². The molecule has 1 aromatic rings. The number of hydrogen-bond donors (Lipinski definition) is 1. The van der Waals surface area contributed by atoms with Crippen LogP contribution in [0.25, 0.3) is 6.08 Å². The average molecular weight is 293 g/mol. The second-order valence-corrected chi connectivity index (χ2v) is 4.83. The van der Waals surface area contributed by atoms with Gasteiger partial charge in [-0.15, -0.1) is 0 Å². The molecule has 1 aliphatic heterocycles. The largest absolute Gasteiger partial charge is 0.478 e. The number of halogens is 1. The Hall–Kier alpha value is -2.21. The maximum Gasteiger partial charge on any atom is 0.328 e. The summed E-state index contributed by atoms with van der Waals surface area (Å²) < 4.78 is 19.1. The Balaban J connectivity index is 2.19. The summed E-state index contributed by atoms with van der Waals surface area (Å²) in [7, 11) is 0. The van der Waals surface area contributed by atoms with Crippen molar-refractivity contribution in [3.05, 3.63) is 41.2 Å². The summed E-state index contributed by atoms with van der Waals surface area (Å²) in [5, 5.41) is 8.53. The quantitative estimate of drug-likeness (QED) is 0.863. The first-order chi connectivity index (χ1) is 9.99. The lowest BCUT2D eigenvalue weighted by molar-refractivity contribution is -0.131. The number of rotatable bonds is 3. The molecule has 6 heteroatoms. The number of amides is 1. The van der Waals surface area contributed by atoms with Crippen LogP contribution in [0, 0.1) is 5.82 Å². The van der Waals surface area contributed by atoms with Crippen LogP contribution in [0.5, 0.6) is 0 Å². The summed E-state index contributed by atoms with van der Waals surface area (Å²) in [5.41, 5.74) is 0.373. The van der Waals surface area contributed by atoms with Gasteiger partial charge in [0.15, 0.2) is 0 Å². The fraction of sp³-hybridized carbons (Fsp3) is 0.333. The highest BCUT2D eigenvalue weighted by atomic mass is 19.1. The van der Waals surface area contributed by atoms with E-state index in [4.69, 9.17) is 9.84 Å². The third kappa shape index (κ3) is 3.66. The van der Waals surface area contributed by atoms with Crippen molar-refractivity contribution in [2.24, 2.45) is 0 Å². The van der Waals surface area contributed by atoms with Gasteiger partial charge in [0.1, 0.15) is 5.82 Å². The minimum absolute atomic E-state index is 0.0547. The molecule has 1 aromatic carbocycles. The number of nitrogens with zero attached hydrogens (tertiary/aromatic N) is 1. The van der Waals surface area contributed by atoms with E-state index in [1.807, 2.05) is 6.92 Å². The fourth-order valence-corrected chi connectivity index (χ4v) is 2.15. The molecule has 0 bridgehead atoms. The number of aliphatic carboxylic acids is 1. The molecule has 0 radical (unpaired) electrons. The average Bonchev–Trinajstić information content (AvgIpc) is 2.45. The molecule has 21 heavy (non-hydrogen) atoms. The summed E-state index contributed by atoms with van der Waals surface area (Å²) in [4.78, 5) is 24.4. The molecule has 1 aliphatic rings. The first-order valence-electron chi connectivity index (χ1n) is 6.58. The Morgan fingerprint density at radius 1 is 1.48 bits per heavy atom. The smallest absolute Gasteiger partial charge is 0.328 e. The summed E-state index contributed by atoms with van der Waals surface area (Å²) in [6, 6.07) is 3.97. The van der Waals surface area contributed by atoms with Gasteiger partial charge in [0, 0.05) is 23.7 Å². The molecule has 2 rings (SSSR count). The lowest BCUT2D eigenvalue weighted by Crippen LogP contribution is -2.47. The predicted octanol–water partition coefficient (Wildman–Crippen LogP) is 1.78. The Morgan fingerprint density at radius 3 is 2.86 bits per heavy atom. The molecule has 5 nitrogen and oxygen atoms in total. The summed E-state index contributed by atoms with van der Waals surface area (Å²) in [6.07, 6.45) is 2.01. The van der Waals surface area contributed by atoms with Crippen LogP contribution >= 0.6 is 0 Å². The van der Waals surface area contributed by atoms with Crippen molar-refractivity contribution in [3.63, 3.8) is 0 Å². The Kier molecular flexibility index (Phi) is 4.70. The van der Waals surface area contributed by atoms with Crippen molar-refractivity contribution in [2.75, 3.05) is 19.8 Å². The van der Waals surface area contributed by atoms with E-state index in [0.29, 0.717) is 19.8 Å². The summed E-state index contributed by atoms with van der Waals surface area (Å²) in [5.74, 6) is -2.03.